The molecule has 98 valence electrons. The molecular formula is C15H15BrN2O. The van der Waals surface area contributed by atoms with Gasteiger partial charge in [-0.15, -0.1) is 0 Å². The largest absolute Gasteiger partial charge is 0.348 e. The van der Waals surface area contributed by atoms with Gasteiger partial charge in [-0.1, -0.05) is 34.5 Å². The lowest BCUT2D eigenvalue weighted by Gasteiger charge is -2.16. The van der Waals surface area contributed by atoms with Crippen molar-refractivity contribution in [3.05, 3.63) is 42.1 Å². The fourth-order valence-electron chi connectivity index (χ4n) is 2.62. The summed E-state index contributed by atoms with van der Waals surface area (Å²) in [5.41, 5.74) is 1.56. The summed E-state index contributed by atoms with van der Waals surface area (Å²) in [6.45, 7) is 0. The van der Waals surface area contributed by atoms with Gasteiger partial charge in [-0.2, -0.15) is 0 Å². The van der Waals surface area contributed by atoms with Crippen molar-refractivity contribution in [2.45, 2.75) is 30.1 Å². The highest BCUT2D eigenvalue weighted by molar-refractivity contribution is 9.09. The van der Waals surface area contributed by atoms with Crippen molar-refractivity contribution >= 4 is 32.7 Å². The van der Waals surface area contributed by atoms with Gasteiger partial charge in [0.15, 0.2) is 0 Å². The summed E-state index contributed by atoms with van der Waals surface area (Å²) in [5.74, 6) is -0.00468. The highest BCUT2D eigenvalue weighted by Gasteiger charge is 2.26. The zero-order valence-electron chi connectivity index (χ0n) is 10.5. The molecule has 1 aromatic heterocycles. The van der Waals surface area contributed by atoms with Crippen LogP contribution in [0.4, 0.5) is 0 Å². The van der Waals surface area contributed by atoms with Gasteiger partial charge in [-0.05, 0) is 31.0 Å². The van der Waals surface area contributed by atoms with Crippen molar-refractivity contribution in [2.24, 2.45) is 0 Å². The maximum absolute atomic E-state index is 12.4. The first-order chi connectivity index (χ1) is 9.25. The predicted octanol–water partition coefficient (Wildman–Crippen LogP) is 3.28. The zero-order valence-corrected chi connectivity index (χ0v) is 12.1. The summed E-state index contributed by atoms with van der Waals surface area (Å²) < 4.78 is 0. The number of carbonyl (C=O) groups excluding carboxylic acids is 1. The first-order valence-electron chi connectivity index (χ1n) is 6.54. The van der Waals surface area contributed by atoms with Crippen LogP contribution in [0.1, 0.15) is 29.6 Å². The van der Waals surface area contributed by atoms with Crippen LogP contribution in [0, 0.1) is 0 Å². The molecule has 0 spiro atoms. The number of hydrogen-bond acceptors (Lipinski definition) is 2. The highest BCUT2D eigenvalue weighted by atomic mass is 79.9. The summed E-state index contributed by atoms with van der Waals surface area (Å²) in [6.07, 6.45) is 5.08. The van der Waals surface area contributed by atoms with E-state index in [1.54, 1.807) is 6.20 Å². The van der Waals surface area contributed by atoms with Crippen LogP contribution in [-0.2, 0) is 0 Å². The van der Waals surface area contributed by atoms with Crippen LogP contribution in [0.3, 0.4) is 0 Å². The molecule has 1 amide bonds. The maximum atomic E-state index is 12.4. The Kier molecular flexibility index (Phi) is 3.51. The highest BCUT2D eigenvalue weighted by Crippen LogP contribution is 2.26. The second-order valence-corrected chi connectivity index (χ2v) is 6.08. The third-order valence-corrected chi connectivity index (χ3v) is 4.73. The van der Waals surface area contributed by atoms with E-state index in [0.717, 1.165) is 30.2 Å². The molecule has 3 rings (SSSR count). The van der Waals surface area contributed by atoms with Crippen LogP contribution < -0.4 is 5.32 Å². The van der Waals surface area contributed by atoms with Gasteiger partial charge in [-0.25, -0.2) is 0 Å². The fourth-order valence-corrected chi connectivity index (χ4v) is 3.35. The number of amides is 1. The molecule has 4 heteroatoms. The maximum Gasteiger partial charge on any atom is 0.252 e. The molecular weight excluding hydrogens is 304 g/mol. The Morgan fingerprint density at radius 1 is 1.26 bits per heavy atom. The monoisotopic (exact) mass is 318 g/mol. The van der Waals surface area contributed by atoms with E-state index in [4.69, 9.17) is 0 Å². The van der Waals surface area contributed by atoms with E-state index in [2.05, 4.69) is 26.2 Å². The molecule has 1 fully saturated rings. The minimum Gasteiger partial charge on any atom is -0.348 e. The van der Waals surface area contributed by atoms with E-state index in [1.807, 2.05) is 30.3 Å². The van der Waals surface area contributed by atoms with Crippen LogP contribution in [0.2, 0.25) is 0 Å². The molecule has 1 aliphatic carbocycles. The molecule has 0 radical (unpaired) electrons. The van der Waals surface area contributed by atoms with Gasteiger partial charge in [0, 0.05) is 28.0 Å². The Morgan fingerprint density at radius 3 is 2.95 bits per heavy atom. The zero-order chi connectivity index (χ0) is 13.2. The summed E-state index contributed by atoms with van der Waals surface area (Å²) in [4.78, 5) is 17.1. The average Bonchev–Trinajstić information content (AvgIpc) is 2.83. The molecule has 1 saturated carbocycles. The molecule has 2 atom stereocenters. The standard InChI is InChI=1S/C15H15BrN2O/c16-12-6-2-8-14(12)18-15(19)11-4-1-7-13-10(11)5-3-9-17-13/h1,3-5,7,9,12,14H,2,6,8H2,(H,18,19). The van der Waals surface area contributed by atoms with Gasteiger partial charge < -0.3 is 5.32 Å². The number of pyridine rings is 1. The number of nitrogens with zero attached hydrogens (tertiary/aromatic N) is 1. The molecule has 2 aromatic rings. The number of nitrogens with one attached hydrogen (secondary N) is 1. The van der Waals surface area contributed by atoms with Crippen LogP contribution in [0.25, 0.3) is 10.9 Å². The smallest absolute Gasteiger partial charge is 0.252 e. The SMILES string of the molecule is O=C(NC1CCCC1Br)c1cccc2ncccc12. The average molecular weight is 319 g/mol. The van der Waals surface area contributed by atoms with Crippen LogP contribution in [-0.4, -0.2) is 21.8 Å². The lowest BCUT2D eigenvalue weighted by Crippen LogP contribution is -2.37. The molecule has 19 heavy (non-hydrogen) atoms. The first-order valence-corrected chi connectivity index (χ1v) is 7.46. The van der Waals surface area contributed by atoms with E-state index in [0.29, 0.717) is 10.4 Å². The summed E-state index contributed by atoms with van der Waals surface area (Å²) in [6, 6.07) is 9.70. The van der Waals surface area contributed by atoms with Crippen LogP contribution in [0.15, 0.2) is 36.5 Å². The minimum atomic E-state index is -0.00468. The molecule has 3 nitrogen and oxygen atoms in total. The van der Waals surface area contributed by atoms with Gasteiger partial charge in [-0.3, -0.25) is 9.78 Å². The van der Waals surface area contributed by atoms with Gasteiger partial charge >= 0.3 is 0 Å². The second kappa shape index (κ2) is 5.29. The molecule has 1 aromatic carbocycles. The lowest BCUT2D eigenvalue weighted by molar-refractivity contribution is 0.0940. The van der Waals surface area contributed by atoms with Gasteiger partial charge in [0.1, 0.15) is 0 Å². The summed E-state index contributed by atoms with van der Waals surface area (Å²) in [7, 11) is 0. The molecule has 0 bridgehead atoms. The molecule has 0 saturated heterocycles. The van der Waals surface area contributed by atoms with Gasteiger partial charge in [0.25, 0.3) is 5.91 Å². The number of fused-ring (bicyclic) bond motifs is 1. The number of carbonyl (C=O) groups is 1. The third kappa shape index (κ3) is 2.50. The van der Waals surface area contributed by atoms with Crippen molar-refractivity contribution in [2.75, 3.05) is 0 Å². The summed E-state index contributed by atoms with van der Waals surface area (Å²) >= 11 is 3.63. The molecule has 1 heterocycles. The first kappa shape index (κ1) is 12.6. The Balaban J connectivity index is 1.89. The second-order valence-electron chi connectivity index (χ2n) is 4.90. The fraction of sp³-hybridized carbons (Fsp3) is 0.333. The number of hydrogen-bond donors (Lipinski definition) is 1. The van der Waals surface area contributed by atoms with Gasteiger partial charge in [0.2, 0.25) is 0 Å². The van der Waals surface area contributed by atoms with Crippen molar-refractivity contribution in [3.8, 4) is 0 Å². The van der Waals surface area contributed by atoms with Crippen molar-refractivity contribution in [1.29, 1.82) is 0 Å². The molecule has 0 aliphatic heterocycles. The predicted molar refractivity (Wildman–Crippen MR) is 79.6 cm³/mol. The Morgan fingerprint density at radius 2 is 2.16 bits per heavy atom. The Labute approximate surface area is 120 Å². The van der Waals surface area contributed by atoms with E-state index in [-0.39, 0.29) is 11.9 Å². The number of rotatable bonds is 2. The third-order valence-electron chi connectivity index (χ3n) is 3.64. The number of benzene rings is 1. The van der Waals surface area contributed by atoms with Gasteiger partial charge in [0.05, 0.1) is 5.52 Å². The quantitative estimate of drug-likeness (QED) is 0.863. The van der Waals surface area contributed by atoms with Crippen molar-refractivity contribution < 1.29 is 4.79 Å². The van der Waals surface area contributed by atoms with Crippen LogP contribution >= 0.6 is 15.9 Å². The van der Waals surface area contributed by atoms with E-state index >= 15 is 0 Å². The Bertz CT molecular complexity index is 609. The number of aromatic nitrogens is 1. The number of alkyl halides is 1. The molecule has 2 unspecified atom stereocenters. The van der Waals surface area contributed by atoms with Crippen molar-refractivity contribution in [1.82, 2.24) is 10.3 Å². The number of halogens is 1. The summed E-state index contributed by atoms with van der Waals surface area (Å²) in [5, 5.41) is 4.03. The normalized spacial score (nSPS) is 22.6. The van der Waals surface area contributed by atoms with E-state index in [1.165, 1.54) is 0 Å². The lowest BCUT2D eigenvalue weighted by atomic mass is 10.1. The minimum absolute atomic E-state index is 0.00468. The topological polar surface area (TPSA) is 42.0 Å². The molecule has 1 N–H and O–H groups in total. The van der Waals surface area contributed by atoms with Crippen molar-refractivity contribution in [3.63, 3.8) is 0 Å². The van der Waals surface area contributed by atoms with Crippen LogP contribution in [0.5, 0.6) is 0 Å². The van der Waals surface area contributed by atoms with E-state index in [9.17, 15) is 4.79 Å². The molecule has 1 aliphatic rings. The Hall–Kier alpha value is -1.42. The van der Waals surface area contributed by atoms with E-state index < -0.39 is 0 Å².